The van der Waals surface area contributed by atoms with Crippen LogP contribution in [0.1, 0.15) is 32.3 Å². The van der Waals surface area contributed by atoms with E-state index in [9.17, 15) is 18.0 Å². The Balaban J connectivity index is 2.19. The number of halogens is 3. The zero-order chi connectivity index (χ0) is 25.5. The number of anilines is 1. The highest BCUT2D eigenvalue weighted by molar-refractivity contribution is 9.10. The largest absolute Gasteiger partial charge is 0.355 e. The van der Waals surface area contributed by atoms with Gasteiger partial charge in [-0.3, -0.25) is 13.9 Å². The molecule has 0 saturated heterocycles. The molecule has 2 amide bonds. The van der Waals surface area contributed by atoms with Crippen molar-refractivity contribution in [1.29, 1.82) is 0 Å². The van der Waals surface area contributed by atoms with E-state index < -0.39 is 16.1 Å². The molecule has 0 aromatic heterocycles. The van der Waals surface area contributed by atoms with Crippen LogP contribution in [0, 0.1) is 0 Å². The van der Waals surface area contributed by atoms with Gasteiger partial charge in [0.25, 0.3) is 0 Å². The summed E-state index contributed by atoms with van der Waals surface area (Å²) in [5.74, 6) is -0.515. The van der Waals surface area contributed by atoms with Crippen LogP contribution in [-0.4, -0.2) is 50.5 Å². The van der Waals surface area contributed by atoms with Crippen molar-refractivity contribution < 1.29 is 18.0 Å². The highest BCUT2D eigenvalue weighted by Crippen LogP contribution is 2.31. The van der Waals surface area contributed by atoms with Gasteiger partial charge in [-0.1, -0.05) is 51.3 Å². The molecule has 0 spiro atoms. The molecule has 0 saturated carbocycles. The fourth-order valence-electron chi connectivity index (χ4n) is 3.40. The maximum absolute atomic E-state index is 13.2. The standard InChI is InChI=1S/C23H28BrCl2N3O4S/c1-4-27-23(31)16(2)28(15-17-7-5-8-18(24)13-17)22(30)9-6-12-29(34(3,32)33)21-14-19(25)10-11-20(21)26/h5,7-8,10-11,13-14,16H,4,6,9,12,15H2,1-3H3,(H,27,31). The van der Waals surface area contributed by atoms with Crippen molar-refractivity contribution in [2.75, 3.05) is 23.7 Å². The third-order valence-electron chi connectivity index (χ3n) is 5.09. The maximum Gasteiger partial charge on any atom is 0.242 e. The molecule has 1 unspecified atom stereocenters. The van der Waals surface area contributed by atoms with Gasteiger partial charge in [0.1, 0.15) is 6.04 Å². The first kappa shape index (κ1) is 28.4. The van der Waals surface area contributed by atoms with Crippen molar-refractivity contribution in [3.05, 3.63) is 62.5 Å². The van der Waals surface area contributed by atoms with Gasteiger partial charge in [0.05, 0.1) is 17.0 Å². The predicted octanol–water partition coefficient (Wildman–Crippen LogP) is 4.86. The first-order valence-corrected chi connectivity index (χ1v) is 14.1. The summed E-state index contributed by atoms with van der Waals surface area (Å²) in [5.41, 5.74) is 1.12. The summed E-state index contributed by atoms with van der Waals surface area (Å²) in [5, 5.41) is 3.33. The first-order valence-electron chi connectivity index (χ1n) is 10.7. The Morgan fingerprint density at radius 2 is 1.85 bits per heavy atom. The number of nitrogens with one attached hydrogen (secondary N) is 1. The molecule has 0 radical (unpaired) electrons. The summed E-state index contributed by atoms with van der Waals surface area (Å²) < 4.78 is 26.8. The molecule has 0 bridgehead atoms. The molecule has 1 atom stereocenters. The lowest BCUT2D eigenvalue weighted by molar-refractivity contribution is -0.140. The second-order valence-electron chi connectivity index (χ2n) is 7.76. The summed E-state index contributed by atoms with van der Waals surface area (Å²) in [6.07, 6.45) is 1.34. The minimum absolute atomic E-state index is 0.0326. The Labute approximate surface area is 219 Å². The van der Waals surface area contributed by atoms with Crippen LogP contribution in [0.4, 0.5) is 5.69 Å². The third kappa shape index (κ3) is 8.15. The Hall–Kier alpha value is -1.81. The van der Waals surface area contributed by atoms with E-state index in [2.05, 4.69) is 21.2 Å². The van der Waals surface area contributed by atoms with Crippen molar-refractivity contribution >= 4 is 66.7 Å². The number of nitrogens with zero attached hydrogens (tertiary/aromatic N) is 2. The van der Waals surface area contributed by atoms with E-state index in [0.29, 0.717) is 11.6 Å². The zero-order valence-electron chi connectivity index (χ0n) is 19.2. The van der Waals surface area contributed by atoms with Crippen molar-refractivity contribution in [3.63, 3.8) is 0 Å². The highest BCUT2D eigenvalue weighted by Gasteiger charge is 2.27. The van der Waals surface area contributed by atoms with Crippen LogP contribution in [0.15, 0.2) is 46.9 Å². The molecule has 0 fully saturated rings. The molecule has 2 aromatic carbocycles. The molecule has 186 valence electrons. The molecular weight excluding hydrogens is 565 g/mol. The molecule has 0 aliphatic rings. The number of sulfonamides is 1. The van der Waals surface area contributed by atoms with E-state index in [4.69, 9.17) is 23.2 Å². The fraction of sp³-hybridized carbons (Fsp3) is 0.391. The Morgan fingerprint density at radius 3 is 2.47 bits per heavy atom. The number of likely N-dealkylation sites (N-methyl/N-ethyl adjacent to an activating group) is 1. The number of carbonyl (C=O) groups is 2. The van der Waals surface area contributed by atoms with E-state index in [1.807, 2.05) is 31.2 Å². The molecule has 11 heteroatoms. The first-order chi connectivity index (χ1) is 15.9. The van der Waals surface area contributed by atoms with Gasteiger partial charge in [-0.25, -0.2) is 8.42 Å². The lowest BCUT2D eigenvalue weighted by atomic mass is 10.1. The van der Waals surface area contributed by atoms with E-state index in [0.717, 1.165) is 20.6 Å². The fourth-order valence-corrected chi connectivity index (χ4v) is 5.25. The quantitative estimate of drug-likeness (QED) is 0.404. The molecule has 0 aliphatic carbocycles. The predicted molar refractivity (Wildman–Crippen MR) is 141 cm³/mol. The third-order valence-corrected chi connectivity index (χ3v) is 7.32. The van der Waals surface area contributed by atoms with Crippen LogP contribution in [0.3, 0.4) is 0 Å². The minimum atomic E-state index is -3.67. The van der Waals surface area contributed by atoms with Crippen molar-refractivity contribution in [2.24, 2.45) is 0 Å². The van der Waals surface area contributed by atoms with Crippen LogP contribution in [0.2, 0.25) is 10.0 Å². The van der Waals surface area contributed by atoms with Crippen molar-refractivity contribution in [1.82, 2.24) is 10.2 Å². The number of rotatable bonds is 11. The van der Waals surface area contributed by atoms with Crippen LogP contribution in [0.25, 0.3) is 0 Å². The van der Waals surface area contributed by atoms with Crippen LogP contribution >= 0.6 is 39.1 Å². The molecular formula is C23H28BrCl2N3O4S. The number of carbonyl (C=O) groups excluding carboxylic acids is 2. The second-order valence-corrected chi connectivity index (χ2v) is 11.4. The van der Waals surface area contributed by atoms with Gasteiger partial charge in [-0.05, 0) is 56.2 Å². The highest BCUT2D eigenvalue weighted by atomic mass is 79.9. The van der Waals surface area contributed by atoms with Gasteiger partial charge in [0.2, 0.25) is 21.8 Å². The van der Waals surface area contributed by atoms with Gasteiger partial charge in [0.15, 0.2) is 0 Å². The van der Waals surface area contributed by atoms with Gasteiger partial charge in [0, 0.05) is 35.6 Å². The van der Waals surface area contributed by atoms with Gasteiger partial charge in [-0.15, -0.1) is 0 Å². The van der Waals surface area contributed by atoms with Crippen LogP contribution in [0.5, 0.6) is 0 Å². The average molecular weight is 593 g/mol. The number of benzene rings is 2. The monoisotopic (exact) mass is 591 g/mol. The summed E-state index contributed by atoms with van der Waals surface area (Å²) in [6, 6.07) is 11.4. The zero-order valence-corrected chi connectivity index (χ0v) is 23.1. The van der Waals surface area contributed by atoms with Gasteiger partial charge >= 0.3 is 0 Å². The van der Waals surface area contributed by atoms with E-state index in [-0.39, 0.29) is 48.5 Å². The Morgan fingerprint density at radius 1 is 1.15 bits per heavy atom. The number of amides is 2. The maximum atomic E-state index is 13.2. The van der Waals surface area contributed by atoms with Crippen LogP contribution < -0.4 is 9.62 Å². The van der Waals surface area contributed by atoms with E-state index in [1.54, 1.807) is 13.0 Å². The molecule has 7 nitrogen and oxygen atoms in total. The smallest absolute Gasteiger partial charge is 0.242 e. The normalized spacial score (nSPS) is 12.2. The Bertz CT molecular complexity index is 1130. The topological polar surface area (TPSA) is 86.8 Å². The van der Waals surface area contributed by atoms with E-state index in [1.165, 1.54) is 17.0 Å². The lowest BCUT2D eigenvalue weighted by Crippen LogP contribution is -2.47. The molecule has 34 heavy (non-hydrogen) atoms. The lowest BCUT2D eigenvalue weighted by Gasteiger charge is -2.29. The summed E-state index contributed by atoms with van der Waals surface area (Å²) in [7, 11) is -3.67. The van der Waals surface area contributed by atoms with Crippen LogP contribution in [-0.2, 0) is 26.2 Å². The SMILES string of the molecule is CCNC(=O)C(C)N(Cc1cccc(Br)c1)C(=O)CCCN(c1cc(Cl)ccc1Cl)S(C)(=O)=O. The molecule has 1 N–H and O–H groups in total. The summed E-state index contributed by atoms with van der Waals surface area (Å²) >= 11 is 15.7. The molecule has 2 rings (SSSR count). The van der Waals surface area contributed by atoms with Gasteiger partial charge in [-0.2, -0.15) is 0 Å². The minimum Gasteiger partial charge on any atom is -0.355 e. The number of hydrogen-bond donors (Lipinski definition) is 1. The second kappa shape index (κ2) is 12.8. The van der Waals surface area contributed by atoms with Crippen molar-refractivity contribution in [2.45, 2.75) is 39.3 Å². The average Bonchev–Trinajstić information content (AvgIpc) is 2.75. The summed E-state index contributed by atoms with van der Waals surface area (Å²) in [4.78, 5) is 27.2. The van der Waals surface area contributed by atoms with Gasteiger partial charge < -0.3 is 10.2 Å². The summed E-state index contributed by atoms with van der Waals surface area (Å²) in [6.45, 7) is 4.21. The number of hydrogen-bond acceptors (Lipinski definition) is 4. The molecule has 2 aromatic rings. The van der Waals surface area contributed by atoms with Crippen molar-refractivity contribution in [3.8, 4) is 0 Å². The Kier molecular flexibility index (Phi) is 10.7. The molecule has 0 heterocycles. The molecule has 0 aliphatic heterocycles. The van der Waals surface area contributed by atoms with E-state index >= 15 is 0 Å².